The monoisotopic (exact) mass is 374 g/mol. The van der Waals surface area contributed by atoms with Crippen molar-refractivity contribution in [3.8, 4) is 11.1 Å². The van der Waals surface area contributed by atoms with E-state index in [1.165, 1.54) is 3.57 Å². The van der Waals surface area contributed by atoms with Crippen LogP contribution in [0.1, 0.15) is 0 Å². The van der Waals surface area contributed by atoms with E-state index >= 15 is 0 Å². The highest BCUT2D eigenvalue weighted by atomic mass is 127. The summed E-state index contributed by atoms with van der Waals surface area (Å²) in [5.41, 5.74) is 2.80. The van der Waals surface area contributed by atoms with Crippen LogP contribution in [0.4, 0.5) is 0 Å². The molecule has 3 aromatic carbocycles. The summed E-state index contributed by atoms with van der Waals surface area (Å²) >= 11 is 2.32. The van der Waals surface area contributed by atoms with Crippen molar-refractivity contribution in [1.82, 2.24) is 0 Å². The first kappa shape index (κ1) is 13.6. The minimum atomic E-state index is -1.45. The highest BCUT2D eigenvalue weighted by Gasteiger charge is 2.16. The lowest BCUT2D eigenvalue weighted by Crippen LogP contribution is -2.30. The summed E-state index contributed by atoms with van der Waals surface area (Å²) in [4.78, 5) is 0. The lowest BCUT2D eigenvalue weighted by molar-refractivity contribution is 0.426. The molecule has 0 saturated carbocycles. The molecule has 0 bridgehead atoms. The van der Waals surface area contributed by atoms with Gasteiger partial charge in [0.1, 0.15) is 0 Å². The minimum Gasteiger partial charge on any atom is -0.423 e. The highest BCUT2D eigenvalue weighted by Crippen LogP contribution is 2.30. The molecule has 0 aliphatic rings. The molecule has 0 fully saturated rings. The van der Waals surface area contributed by atoms with Gasteiger partial charge in [0, 0.05) is 3.57 Å². The molecule has 2 nitrogen and oxygen atoms in total. The molecule has 4 heteroatoms. The third kappa shape index (κ3) is 2.35. The Balaban J connectivity index is 2.34. The highest BCUT2D eigenvalue weighted by molar-refractivity contribution is 14.1. The van der Waals surface area contributed by atoms with Gasteiger partial charge >= 0.3 is 7.12 Å². The first-order valence-electron chi connectivity index (χ1n) is 6.31. The SMILES string of the molecule is OB(O)c1ccc(-c2ccccc2I)c2ccccc12. The van der Waals surface area contributed by atoms with Crippen LogP contribution >= 0.6 is 22.6 Å². The predicted molar refractivity (Wildman–Crippen MR) is 91.9 cm³/mol. The van der Waals surface area contributed by atoms with Crippen LogP contribution < -0.4 is 5.46 Å². The van der Waals surface area contributed by atoms with Crippen LogP contribution in [-0.4, -0.2) is 17.2 Å². The van der Waals surface area contributed by atoms with Gasteiger partial charge in [-0.3, -0.25) is 0 Å². The zero-order valence-electron chi connectivity index (χ0n) is 10.6. The lowest BCUT2D eigenvalue weighted by atomic mass is 9.76. The molecule has 0 saturated heterocycles. The van der Waals surface area contributed by atoms with Gasteiger partial charge in [-0.1, -0.05) is 54.6 Å². The summed E-state index contributed by atoms with van der Waals surface area (Å²) in [7, 11) is -1.45. The van der Waals surface area contributed by atoms with Gasteiger partial charge in [-0.15, -0.1) is 0 Å². The van der Waals surface area contributed by atoms with Crippen LogP contribution in [-0.2, 0) is 0 Å². The van der Waals surface area contributed by atoms with Gasteiger partial charge in [0.2, 0.25) is 0 Å². The van der Waals surface area contributed by atoms with Crippen molar-refractivity contribution in [3.63, 3.8) is 0 Å². The fraction of sp³-hybridized carbons (Fsp3) is 0. The normalized spacial score (nSPS) is 10.8. The van der Waals surface area contributed by atoms with Crippen LogP contribution in [0.5, 0.6) is 0 Å². The van der Waals surface area contributed by atoms with Crippen molar-refractivity contribution in [1.29, 1.82) is 0 Å². The van der Waals surface area contributed by atoms with Crippen LogP contribution in [0.3, 0.4) is 0 Å². The second-order valence-electron chi connectivity index (χ2n) is 4.60. The second-order valence-corrected chi connectivity index (χ2v) is 5.76. The van der Waals surface area contributed by atoms with Gasteiger partial charge in [-0.05, 0) is 56.0 Å². The van der Waals surface area contributed by atoms with Gasteiger partial charge in [-0.2, -0.15) is 0 Å². The summed E-state index contributed by atoms with van der Waals surface area (Å²) in [5.74, 6) is 0. The Kier molecular flexibility index (Phi) is 3.78. The molecule has 3 aromatic rings. The molecule has 0 atom stereocenters. The van der Waals surface area contributed by atoms with E-state index in [0.29, 0.717) is 5.46 Å². The minimum absolute atomic E-state index is 0.537. The molecule has 0 unspecified atom stereocenters. The van der Waals surface area contributed by atoms with E-state index in [9.17, 15) is 10.0 Å². The molecule has 0 amide bonds. The zero-order valence-corrected chi connectivity index (χ0v) is 12.8. The summed E-state index contributed by atoms with van der Waals surface area (Å²) in [6.45, 7) is 0. The van der Waals surface area contributed by atoms with Crippen molar-refractivity contribution in [2.45, 2.75) is 0 Å². The van der Waals surface area contributed by atoms with Crippen LogP contribution in [0.2, 0.25) is 0 Å². The Bertz CT molecular complexity index is 771. The number of rotatable bonds is 2. The Morgan fingerprint density at radius 2 is 1.35 bits per heavy atom. The van der Waals surface area contributed by atoms with Gasteiger partial charge in [0.25, 0.3) is 0 Å². The second kappa shape index (κ2) is 5.56. The van der Waals surface area contributed by atoms with Crippen LogP contribution in [0.15, 0.2) is 60.7 Å². The first-order chi connectivity index (χ1) is 9.68. The number of hydrogen-bond donors (Lipinski definition) is 2. The van der Waals surface area contributed by atoms with Crippen molar-refractivity contribution in [2.75, 3.05) is 0 Å². The molecular formula is C16H12BIO2. The van der Waals surface area contributed by atoms with E-state index in [1.807, 2.05) is 42.5 Å². The molecule has 0 aliphatic carbocycles. The molecule has 20 heavy (non-hydrogen) atoms. The van der Waals surface area contributed by atoms with E-state index in [0.717, 1.165) is 21.9 Å². The Hall–Kier alpha value is -1.37. The van der Waals surface area contributed by atoms with Crippen LogP contribution in [0, 0.1) is 3.57 Å². The van der Waals surface area contributed by atoms with Gasteiger partial charge in [0.15, 0.2) is 0 Å². The maximum atomic E-state index is 9.49. The number of benzene rings is 3. The van der Waals surface area contributed by atoms with E-state index < -0.39 is 7.12 Å². The molecular weight excluding hydrogens is 362 g/mol. The van der Waals surface area contributed by atoms with Crippen molar-refractivity contribution >= 4 is 45.9 Å². The maximum absolute atomic E-state index is 9.49. The van der Waals surface area contributed by atoms with E-state index in [1.54, 1.807) is 6.07 Å². The predicted octanol–water partition coefficient (Wildman–Crippen LogP) is 2.79. The molecule has 0 aliphatic heterocycles. The Labute approximate surface area is 131 Å². The quantitative estimate of drug-likeness (QED) is 0.535. The summed E-state index contributed by atoms with van der Waals surface area (Å²) in [6.07, 6.45) is 0. The number of hydrogen-bond acceptors (Lipinski definition) is 2. The molecule has 2 N–H and O–H groups in total. The lowest BCUT2D eigenvalue weighted by Gasteiger charge is -2.12. The standard InChI is InChI=1S/C16H12BIO2/c18-16-8-4-3-7-14(16)12-9-10-15(17(19)20)13-6-2-1-5-11(12)13/h1-10,19-20H. The fourth-order valence-corrected chi connectivity index (χ4v) is 3.14. The largest absolute Gasteiger partial charge is 0.489 e. The van der Waals surface area contributed by atoms with Crippen molar-refractivity contribution < 1.29 is 10.0 Å². The average Bonchev–Trinajstić information content (AvgIpc) is 2.46. The topological polar surface area (TPSA) is 40.5 Å². The Morgan fingerprint density at radius 1 is 0.700 bits per heavy atom. The summed E-state index contributed by atoms with van der Waals surface area (Å²) < 4.78 is 1.17. The van der Waals surface area contributed by atoms with E-state index in [4.69, 9.17) is 0 Å². The molecule has 3 rings (SSSR count). The third-order valence-corrected chi connectivity index (χ3v) is 4.34. The van der Waals surface area contributed by atoms with Crippen molar-refractivity contribution in [3.05, 3.63) is 64.2 Å². The number of fused-ring (bicyclic) bond motifs is 1. The van der Waals surface area contributed by atoms with Gasteiger partial charge in [-0.25, -0.2) is 0 Å². The van der Waals surface area contributed by atoms with E-state index in [2.05, 4.69) is 34.7 Å². The zero-order chi connectivity index (χ0) is 14.1. The van der Waals surface area contributed by atoms with Gasteiger partial charge in [0.05, 0.1) is 0 Å². The third-order valence-electron chi connectivity index (χ3n) is 3.40. The number of halogens is 1. The van der Waals surface area contributed by atoms with Crippen LogP contribution in [0.25, 0.3) is 21.9 Å². The average molecular weight is 374 g/mol. The summed E-state index contributed by atoms with van der Waals surface area (Å²) in [6, 6.07) is 19.7. The smallest absolute Gasteiger partial charge is 0.423 e. The molecule has 98 valence electrons. The fourth-order valence-electron chi connectivity index (χ4n) is 2.46. The van der Waals surface area contributed by atoms with Gasteiger partial charge < -0.3 is 10.0 Å². The molecule has 0 aromatic heterocycles. The van der Waals surface area contributed by atoms with Crippen molar-refractivity contribution in [2.24, 2.45) is 0 Å². The molecule has 0 spiro atoms. The Morgan fingerprint density at radius 3 is 2.05 bits per heavy atom. The maximum Gasteiger partial charge on any atom is 0.489 e. The summed E-state index contributed by atoms with van der Waals surface area (Å²) in [5, 5.41) is 20.9. The van der Waals surface area contributed by atoms with E-state index in [-0.39, 0.29) is 0 Å². The molecule has 0 radical (unpaired) electrons. The molecule has 0 heterocycles. The first-order valence-corrected chi connectivity index (χ1v) is 7.39.